The fourth-order valence-electron chi connectivity index (χ4n) is 3.78. The summed E-state index contributed by atoms with van der Waals surface area (Å²) in [5, 5.41) is 12.3. The number of benzene rings is 3. The molecule has 5 nitrogen and oxygen atoms in total. The molecule has 0 unspecified atom stereocenters. The van der Waals surface area contributed by atoms with Crippen LogP contribution in [-0.2, 0) is 9.53 Å². The molecule has 0 radical (unpaired) electrons. The number of ether oxygens (including phenoxy) is 1. The molecule has 0 saturated carbocycles. The molecule has 3 aromatic carbocycles. The highest BCUT2D eigenvalue weighted by molar-refractivity contribution is 6.31. The second kappa shape index (κ2) is 8.20. The van der Waals surface area contributed by atoms with E-state index in [9.17, 15) is 9.59 Å². The van der Waals surface area contributed by atoms with E-state index in [1.807, 2.05) is 24.3 Å². The third-order valence-electron chi connectivity index (χ3n) is 5.29. The number of carboxylic acid groups (broad SMARTS) is 1. The monoisotopic (exact) mass is 421 g/mol. The van der Waals surface area contributed by atoms with Gasteiger partial charge in [-0.15, -0.1) is 0 Å². The highest BCUT2D eigenvalue weighted by Gasteiger charge is 2.29. The van der Waals surface area contributed by atoms with Crippen molar-refractivity contribution in [3.05, 3.63) is 88.4 Å². The van der Waals surface area contributed by atoms with Gasteiger partial charge in [0, 0.05) is 16.6 Å². The maximum Gasteiger partial charge on any atom is 0.340 e. The standard InChI is InChI=1S/C24H20ClNO4/c1-14(23(27)28)26-22-11-10-15(25)12-20(22)24(29)30-13-21-18-8-4-2-6-16(18)17-7-3-5-9-19(17)21/h2-12,14,21,26H,13H2,1H3,(H,27,28)/t14-/m0/s1. The van der Waals surface area contributed by atoms with Crippen LogP contribution in [-0.4, -0.2) is 29.7 Å². The zero-order valence-corrected chi connectivity index (χ0v) is 17.0. The first kappa shape index (κ1) is 20.0. The molecule has 1 aliphatic carbocycles. The Morgan fingerprint density at radius 3 is 2.23 bits per heavy atom. The van der Waals surface area contributed by atoms with Gasteiger partial charge in [-0.2, -0.15) is 0 Å². The molecule has 0 aliphatic heterocycles. The lowest BCUT2D eigenvalue weighted by Gasteiger charge is -2.17. The molecule has 30 heavy (non-hydrogen) atoms. The van der Waals surface area contributed by atoms with E-state index in [1.54, 1.807) is 12.1 Å². The summed E-state index contributed by atoms with van der Waals surface area (Å²) in [5.74, 6) is -1.64. The van der Waals surface area contributed by atoms with Crippen LogP contribution in [0.3, 0.4) is 0 Å². The molecule has 0 bridgehead atoms. The Morgan fingerprint density at radius 2 is 1.63 bits per heavy atom. The minimum Gasteiger partial charge on any atom is -0.480 e. The smallest absolute Gasteiger partial charge is 0.340 e. The average Bonchev–Trinajstić information content (AvgIpc) is 3.07. The number of hydrogen-bond donors (Lipinski definition) is 2. The second-order valence-electron chi connectivity index (χ2n) is 7.22. The van der Waals surface area contributed by atoms with Gasteiger partial charge in [0.15, 0.2) is 0 Å². The molecule has 6 heteroatoms. The highest BCUT2D eigenvalue weighted by Crippen LogP contribution is 2.44. The van der Waals surface area contributed by atoms with Crippen LogP contribution in [0.4, 0.5) is 5.69 Å². The van der Waals surface area contributed by atoms with Crippen LogP contribution >= 0.6 is 11.6 Å². The Labute approximate surface area is 179 Å². The zero-order valence-electron chi connectivity index (χ0n) is 16.3. The summed E-state index contributed by atoms with van der Waals surface area (Å²) in [6.07, 6.45) is 0. The van der Waals surface area contributed by atoms with Gasteiger partial charge in [0.05, 0.1) is 5.56 Å². The third kappa shape index (κ3) is 3.76. The molecule has 0 fully saturated rings. The molecule has 0 amide bonds. The van der Waals surface area contributed by atoms with E-state index in [2.05, 4.69) is 29.6 Å². The van der Waals surface area contributed by atoms with E-state index in [4.69, 9.17) is 21.4 Å². The van der Waals surface area contributed by atoms with E-state index in [1.165, 1.54) is 13.0 Å². The number of carbonyl (C=O) groups is 2. The number of aliphatic carboxylic acids is 1. The van der Waals surface area contributed by atoms with Gasteiger partial charge in [0.2, 0.25) is 0 Å². The Morgan fingerprint density at radius 1 is 1.03 bits per heavy atom. The molecule has 0 heterocycles. The molecule has 152 valence electrons. The fourth-order valence-corrected chi connectivity index (χ4v) is 3.95. The van der Waals surface area contributed by atoms with Crippen molar-refractivity contribution in [2.24, 2.45) is 0 Å². The molecule has 3 aromatic rings. The van der Waals surface area contributed by atoms with Gasteiger partial charge in [-0.05, 0) is 47.4 Å². The maximum atomic E-state index is 12.9. The Balaban J connectivity index is 1.57. The lowest BCUT2D eigenvalue weighted by molar-refractivity contribution is -0.137. The third-order valence-corrected chi connectivity index (χ3v) is 5.52. The number of fused-ring (bicyclic) bond motifs is 3. The first-order chi connectivity index (χ1) is 14.5. The Kier molecular flexibility index (Phi) is 5.46. The van der Waals surface area contributed by atoms with Gasteiger partial charge < -0.3 is 15.2 Å². The van der Waals surface area contributed by atoms with Gasteiger partial charge >= 0.3 is 11.9 Å². The first-order valence-corrected chi connectivity index (χ1v) is 9.97. The van der Waals surface area contributed by atoms with Crippen LogP contribution in [0, 0.1) is 0 Å². The molecule has 0 saturated heterocycles. The minimum absolute atomic E-state index is 0.0603. The molecule has 2 N–H and O–H groups in total. The quantitative estimate of drug-likeness (QED) is 0.535. The SMILES string of the molecule is C[C@H](Nc1ccc(Cl)cc1C(=O)OCC1c2ccccc2-c2ccccc21)C(=O)O. The number of rotatable bonds is 6. The highest BCUT2D eigenvalue weighted by atomic mass is 35.5. The van der Waals surface area contributed by atoms with E-state index in [0.717, 1.165) is 22.3 Å². The first-order valence-electron chi connectivity index (χ1n) is 9.60. The van der Waals surface area contributed by atoms with Gasteiger partial charge in [0.25, 0.3) is 0 Å². The van der Waals surface area contributed by atoms with E-state index in [-0.39, 0.29) is 18.1 Å². The zero-order chi connectivity index (χ0) is 21.3. The number of esters is 1. The summed E-state index contributed by atoms with van der Waals surface area (Å²) in [5.41, 5.74) is 5.11. The van der Waals surface area contributed by atoms with Crippen molar-refractivity contribution in [1.82, 2.24) is 0 Å². The molecule has 0 aromatic heterocycles. The van der Waals surface area contributed by atoms with Crippen LogP contribution in [0.5, 0.6) is 0 Å². The number of halogens is 1. The lowest BCUT2D eigenvalue weighted by atomic mass is 9.98. The molecule has 4 rings (SSSR count). The Bertz CT molecular complexity index is 1080. The van der Waals surface area contributed by atoms with Crippen LogP contribution in [0.15, 0.2) is 66.7 Å². The van der Waals surface area contributed by atoms with Crippen LogP contribution < -0.4 is 5.32 Å². The summed E-state index contributed by atoms with van der Waals surface area (Å²) in [7, 11) is 0. The summed E-state index contributed by atoms with van der Waals surface area (Å²) >= 11 is 6.07. The van der Waals surface area contributed by atoms with Crippen LogP contribution in [0.25, 0.3) is 11.1 Å². The number of carbonyl (C=O) groups excluding carboxylic acids is 1. The van der Waals surface area contributed by atoms with Crippen molar-refractivity contribution in [3.8, 4) is 11.1 Å². The summed E-state index contributed by atoms with van der Waals surface area (Å²) in [6, 6.07) is 20.0. The summed E-state index contributed by atoms with van der Waals surface area (Å²) < 4.78 is 5.68. The summed E-state index contributed by atoms with van der Waals surface area (Å²) in [4.78, 5) is 24.1. The maximum absolute atomic E-state index is 12.9. The molecule has 1 atom stereocenters. The number of nitrogens with one attached hydrogen (secondary N) is 1. The molecule has 1 aliphatic rings. The normalized spacial score (nSPS) is 13.3. The van der Waals surface area contributed by atoms with Crippen molar-refractivity contribution in [2.75, 3.05) is 11.9 Å². The van der Waals surface area contributed by atoms with Crippen molar-refractivity contribution >= 4 is 29.2 Å². The Hall–Kier alpha value is -3.31. The molecular weight excluding hydrogens is 402 g/mol. The summed E-state index contributed by atoms with van der Waals surface area (Å²) in [6.45, 7) is 1.67. The van der Waals surface area contributed by atoms with E-state index >= 15 is 0 Å². The van der Waals surface area contributed by atoms with Gasteiger partial charge in [0.1, 0.15) is 12.6 Å². The van der Waals surface area contributed by atoms with Crippen LogP contribution in [0.2, 0.25) is 5.02 Å². The van der Waals surface area contributed by atoms with E-state index in [0.29, 0.717) is 10.7 Å². The minimum atomic E-state index is -1.02. The van der Waals surface area contributed by atoms with E-state index < -0.39 is 18.0 Å². The van der Waals surface area contributed by atoms with Crippen molar-refractivity contribution in [1.29, 1.82) is 0 Å². The van der Waals surface area contributed by atoms with Crippen molar-refractivity contribution < 1.29 is 19.4 Å². The topological polar surface area (TPSA) is 75.6 Å². The largest absolute Gasteiger partial charge is 0.480 e. The lowest BCUT2D eigenvalue weighted by Crippen LogP contribution is -2.26. The predicted molar refractivity (Wildman–Crippen MR) is 116 cm³/mol. The second-order valence-corrected chi connectivity index (χ2v) is 7.66. The number of anilines is 1. The van der Waals surface area contributed by atoms with Gasteiger partial charge in [-0.1, -0.05) is 60.1 Å². The number of hydrogen-bond acceptors (Lipinski definition) is 4. The van der Waals surface area contributed by atoms with Gasteiger partial charge in [-0.3, -0.25) is 4.79 Å². The fraction of sp³-hybridized carbons (Fsp3) is 0.167. The van der Waals surface area contributed by atoms with Crippen molar-refractivity contribution in [2.45, 2.75) is 18.9 Å². The van der Waals surface area contributed by atoms with Crippen LogP contribution in [0.1, 0.15) is 34.3 Å². The average molecular weight is 422 g/mol. The van der Waals surface area contributed by atoms with Crippen molar-refractivity contribution in [3.63, 3.8) is 0 Å². The van der Waals surface area contributed by atoms with Gasteiger partial charge in [-0.25, -0.2) is 4.79 Å². The molecular formula is C24H20ClNO4. The molecule has 0 spiro atoms. The predicted octanol–water partition coefficient (Wildman–Crippen LogP) is 5.19. The number of carboxylic acids is 1.